The summed E-state index contributed by atoms with van der Waals surface area (Å²) in [6, 6.07) is 18.4. The number of benzene rings is 3. The number of amides is 1. The Hall–Kier alpha value is -4.46. The van der Waals surface area contributed by atoms with Gasteiger partial charge in [-0.15, -0.1) is 0 Å². The topological polar surface area (TPSA) is 88.5 Å². The van der Waals surface area contributed by atoms with Crippen molar-refractivity contribution < 1.29 is 28.9 Å². The molecular weight excluding hydrogens is 472 g/mol. The Kier molecular flexibility index (Phi) is 7.38. The molecule has 1 aliphatic heterocycles. The molecule has 0 aromatic heterocycles. The van der Waals surface area contributed by atoms with Crippen LogP contribution in [0.15, 0.2) is 72.3 Å². The molecule has 1 saturated heterocycles. The van der Waals surface area contributed by atoms with E-state index >= 15 is 0 Å². The number of anilines is 2. The number of hydrogen-bond acceptors (Lipinski definition) is 7. The van der Waals surface area contributed by atoms with Gasteiger partial charge in [-0.05, 0) is 48.9 Å². The molecule has 3 aromatic carbocycles. The summed E-state index contributed by atoms with van der Waals surface area (Å²) < 4.78 is 16.3. The molecule has 0 radical (unpaired) electrons. The molecule has 4 rings (SSSR count). The Bertz CT molecular complexity index is 1310. The van der Waals surface area contributed by atoms with E-state index in [1.807, 2.05) is 50.2 Å². The van der Waals surface area contributed by atoms with Gasteiger partial charge in [0.15, 0.2) is 0 Å². The Morgan fingerprint density at radius 2 is 1.49 bits per heavy atom. The van der Waals surface area contributed by atoms with E-state index in [2.05, 4.69) is 0 Å². The quantitative estimate of drug-likeness (QED) is 0.269. The van der Waals surface area contributed by atoms with Crippen LogP contribution >= 0.6 is 0 Å². The van der Waals surface area contributed by atoms with Crippen molar-refractivity contribution in [1.29, 1.82) is 0 Å². The third kappa shape index (κ3) is 4.95. The second-order valence-corrected chi connectivity index (χ2v) is 8.68. The number of aliphatic hydroxyl groups excluding tert-OH is 1. The number of nitrogens with zero attached hydrogens (tertiary/aromatic N) is 2. The fraction of sp³-hybridized carbons (Fsp3) is 0.241. The maximum atomic E-state index is 13.5. The monoisotopic (exact) mass is 502 g/mol. The number of carbonyl (C=O) groups excluding carboxylic acids is 2. The molecule has 1 unspecified atom stereocenters. The highest BCUT2D eigenvalue weighted by molar-refractivity contribution is 6.51. The molecular formula is C29H30N2O6. The summed E-state index contributed by atoms with van der Waals surface area (Å²) in [4.78, 5) is 30.2. The molecule has 1 fully saturated rings. The average Bonchev–Trinajstić information content (AvgIpc) is 3.18. The molecule has 0 spiro atoms. The lowest BCUT2D eigenvalue weighted by atomic mass is 9.95. The normalized spacial score (nSPS) is 16.6. The number of carbonyl (C=O) groups is 2. The molecule has 3 aromatic rings. The third-order valence-corrected chi connectivity index (χ3v) is 6.22. The summed E-state index contributed by atoms with van der Waals surface area (Å²) in [6.45, 7) is 2.38. The average molecular weight is 503 g/mol. The molecule has 37 heavy (non-hydrogen) atoms. The van der Waals surface area contributed by atoms with Gasteiger partial charge in [0.05, 0.1) is 38.1 Å². The van der Waals surface area contributed by atoms with Gasteiger partial charge in [-0.1, -0.05) is 12.1 Å². The van der Waals surface area contributed by atoms with E-state index in [0.717, 1.165) is 5.69 Å². The van der Waals surface area contributed by atoms with E-state index in [1.54, 1.807) is 42.5 Å². The first-order chi connectivity index (χ1) is 17.8. The summed E-state index contributed by atoms with van der Waals surface area (Å²) in [5.74, 6) is -0.243. The molecule has 1 atom stereocenters. The Morgan fingerprint density at radius 3 is 2.00 bits per heavy atom. The number of aliphatic hydroxyl groups is 1. The zero-order chi connectivity index (χ0) is 26.7. The molecule has 0 aliphatic carbocycles. The van der Waals surface area contributed by atoms with E-state index in [1.165, 1.54) is 19.1 Å². The van der Waals surface area contributed by atoms with Crippen LogP contribution in [0.25, 0.3) is 5.76 Å². The van der Waals surface area contributed by atoms with Crippen LogP contribution in [0.5, 0.6) is 17.2 Å². The number of rotatable bonds is 8. The minimum Gasteiger partial charge on any atom is -0.507 e. The summed E-state index contributed by atoms with van der Waals surface area (Å²) in [6.07, 6.45) is 0. The van der Waals surface area contributed by atoms with Gasteiger partial charge < -0.3 is 24.2 Å². The maximum absolute atomic E-state index is 13.5. The van der Waals surface area contributed by atoms with Gasteiger partial charge in [0.25, 0.3) is 11.7 Å². The van der Waals surface area contributed by atoms with Crippen LogP contribution in [-0.4, -0.2) is 51.7 Å². The predicted molar refractivity (Wildman–Crippen MR) is 143 cm³/mol. The van der Waals surface area contributed by atoms with E-state index in [9.17, 15) is 14.7 Å². The number of methoxy groups -OCH3 is 2. The van der Waals surface area contributed by atoms with Crippen molar-refractivity contribution in [3.8, 4) is 17.2 Å². The molecule has 1 amide bonds. The first-order valence-electron chi connectivity index (χ1n) is 11.8. The fourth-order valence-corrected chi connectivity index (χ4v) is 4.33. The highest BCUT2D eigenvalue weighted by Gasteiger charge is 2.47. The van der Waals surface area contributed by atoms with Crippen molar-refractivity contribution in [1.82, 2.24) is 0 Å². The van der Waals surface area contributed by atoms with Crippen LogP contribution in [0.2, 0.25) is 0 Å². The van der Waals surface area contributed by atoms with Crippen LogP contribution in [0.1, 0.15) is 24.1 Å². The fourth-order valence-electron chi connectivity index (χ4n) is 4.33. The van der Waals surface area contributed by atoms with Crippen LogP contribution in [0.3, 0.4) is 0 Å². The molecule has 1 N–H and O–H groups in total. The minimum absolute atomic E-state index is 0.00597. The van der Waals surface area contributed by atoms with Crippen molar-refractivity contribution in [2.75, 3.05) is 44.7 Å². The number of Topliss-reactive ketones (excluding diaryl/α,β-unsaturated/α-hetero) is 1. The molecule has 8 nitrogen and oxygen atoms in total. The van der Waals surface area contributed by atoms with Crippen molar-refractivity contribution in [2.45, 2.75) is 13.0 Å². The van der Waals surface area contributed by atoms with Crippen LogP contribution < -0.4 is 24.0 Å². The maximum Gasteiger partial charge on any atom is 0.300 e. The van der Waals surface area contributed by atoms with E-state index < -0.39 is 17.7 Å². The van der Waals surface area contributed by atoms with Crippen molar-refractivity contribution in [3.05, 3.63) is 83.4 Å². The van der Waals surface area contributed by atoms with E-state index in [4.69, 9.17) is 14.2 Å². The zero-order valence-corrected chi connectivity index (χ0v) is 21.5. The highest BCUT2D eigenvalue weighted by Crippen LogP contribution is 2.44. The number of hydrogen-bond donors (Lipinski definition) is 1. The summed E-state index contributed by atoms with van der Waals surface area (Å²) in [5, 5.41) is 11.4. The molecule has 192 valence electrons. The van der Waals surface area contributed by atoms with E-state index in [-0.39, 0.29) is 11.3 Å². The Balaban J connectivity index is 1.91. The largest absolute Gasteiger partial charge is 0.507 e. The van der Waals surface area contributed by atoms with Crippen molar-refractivity contribution in [3.63, 3.8) is 0 Å². The lowest BCUT2D eigenvalue weighted by molar-refractivity contribution is -0.132. The molecule has 1 heterocycles. The summed E-state index contributed by atoms with van der Waals surface area (Å²) in [7, 11) is 6.87. The smallest absolute Gasteiger partial charge is 0.300 e. The van der Waals surface area contributed by atoms with Gasteiger partial charge in [-0.2, -0.15) is 0 Å². The minimum atomic E-state index is -0.875. The Morgan fingerprint density at radius 1 is 0.892 bits per heavy atom. The second kappa shape index (κ2) is 10.7. The standard InChI is InChI=1S/C29H30N2O6/c1-6-37-22-13-9-19(10-14-22)27(32)25-26(18-7-11-20(12-8-18)30(2)3)31(29(34)28(25)33)21-15-23(35-4)17-24(16-21)36-5/h7-17,26,32H,6H2,1-5H3/b27-25+. The van der Waals surface area contributed by atoms with Crippen LogP contribution in [-0.2, 0) is 9.59 Å². The summed E-state index contributed by atoms with van der Waals surface area (Å²) in [5.41, 5.74) is 2.42. The number of ether oxygens (including phenoxy) is 3. The summed E-state index contributed by atoms with van der Waals surface area (Å²) >= 11 is 0. The molecule has 1 aliphatic rings. The third-order valence-electron chi connectivity index (χ3n) is 6.22. The lowest BCUT2D eigenvalue weighted by Gasteiger charge is -2.26. The van der Waals surface area contributed by atoms with Gasteiger partial charge in [0.2, 0.25) is 0 Å². The molecule has 0 saturated carbocycles. The predicted octanol–water partition coefficient (Wildman–Crippen LogP) is 4.79. The Labute approximate surface area is 216 Å². The zero-order valence-electron chi connectivity index (χ0n) is 21.5. The SMILES string of the molecule is CCOc1ccc(/C(O)=C2\C(=O)C(=O)N(c3cc(OC)cc(OC)c3)C2c2ccc(N(C)C)cc2)cc1. The van der Waals surface area contributed by atoms with Crippen molar-refractivity contribution >= 4 is 28.8 Å². The molecule has 8 heteroatoms. The van der Waals surface area contributed by atoms with Crippen molar-refractivity contribution in [2.24, 2.45) is 0 Å². The second-order valence-electron chi connectivity index (χ2n) is 8.68. The van der Waals surface area contributed by atoms with Gasteiger partial charge in [-0.3, -0.25) is 14.5 Å². The first-order valence-corrected chi connectivity index (χ1v) is 11.8. The van der Waals surface area contributed by atoms with Gasteiger partial charge in [0.1, 0.15) is 23.0 Å². The van der Waals surface area contributed by atoms with Crippen LogP contribution in [0, 0.1) is 0 Å². The highest BCUT2D eigenvalue weighted by atomic mass is 16.5. The van der Waals surface area contributed by atoms with Gasteiger partial charge in [-0.25, -0.2) is 0 Å². The first kappa shape index (κ1) is 25.6. The van der Waals surface area contributed by atoms with Gasteiger partial charge >= 0.3 is 0 Å². The van der Waals surface area contributed by atoms with E-state index in [0.29, 0.717) is 40.7 Å². The molecule has 0 bridgehead atoms. The van der Waals surface area contributed by atoms with Gasteiger partial charge in [0, 0.05) is 43.5 Å². The van der Waals surface area contributed by atoms with Crippen LogP contribution in [0.4, 0.5) is 11.4 Å². The number of ketones is 1. The lowest BCUT2D eigenvalue weighted by Crippen LogP contribution is -2.29.